The van der Waals surface area contributed by atoms with Gasteiger partial charge in [0.1, 0.15) is 146 Å². The summed E-state index contributed by atoms with van der Waals surface area (Å²) in [6, 6.07) is 0. The van der Waals surface area contributed by atoms with Gasteiger partial charge in [0.2, 0.25) is 0 Å². The molecule has 6 rings (SSSR count). The maximum atomic E-state index is 11.4. The van der Waals surface area contributed by atoms with Crippen molar-refractivity contribution in [2.75, 3.05) is 80.0 Å². The number of hydrogen-bond acceptors (Lipinski definition) is 32. The van der Waals surface area contributed by atoms with Crippen LogP contribution in [0.4, 0.5) is 0 Å². The zero-order chi connectivity index (χ0) is 56.8. The highest BCUT2D eigenvalue weighted by Gasteiger charge is 2.56. The van der Waals surface area contributed by atoms with Crippen LogP contribution in [0.3, 0.4) is 0 Å². The van der Waals surface area contributed by atoms with E-state index in [1.165, 1.54) is 0 Å². The Labute approximate surface area is 440 Å². The van der Waals surface area contributed by atoms with Crippen molar-refractivity contribution >= 4 is 0 Å². The maximum Gasteiger partial charge on any atom is 0.187 e. The van der Waals surface area contributed by atoms with E-state index in [9.17, 15) is 102 Å². The van der Waals surface area contributed by atoms with E-state index in [-0.39, 0.29) is 13.2 Å². The number of quaternary nitrogens is 1. The van der Waals surface area contributed by atoms with Crippen molar-refractivity contribution in [1.29, 1.82) is 0 Å². The van der Waals surface area contributed by atoms with Gasteiger partial charge in [-0.1, -0.05) is 0 Å². The zero-order valence-electron chi connectivity index (χ0n) is 42.1. The summed E-state index contributed by atoms with van der Waals surface area (Å²) in [5.41, 5.74) is 0. The second-order valence-corrected chi connectivity index (χ2v) is 20.5. The highest BCUT2D eigenvalue weighted by atomic mass is 16.8. The van der Waals surface area contributed by atoms with Crippen LogP contribution in [-0.4, -0.2) is 371 Å². The molecular formula is C44H80NO32+. The lowest BCUT2D eigenvalue weighted by atomic mass is 9.96. The molecule has 30 unspecified atom stereocenters. The van der Waals surface area contributed by atoms with E-state index in [0.29, 0.717) is 30.4 Å². The summed E-state index contributed by atoms with van der Waals surface area (Å²) in [5.74, 6) is 0. The minimum Gasteiger partial charge on any atom is -0.394 e. The molecule has 0 spiro atoms. The first kappa shape index (κ1) is 64.8. The van der Waals surface area contributed by atoms with Crippen LogP contribution in [0.1, 0.15) is 12.8 Å². The van der Waals surface area contributed by atoms with Crippen LogP contribution < -0.4 is 0 Å². The molecule has 6 fully saturated rings. The lowest BCUT2D eigenvalue weighted by Gasteiger charge is -2.48. The van der Waals surface area contributed by atoms with Gasteiger partial charge in [-0.15, -0.1) is 0 Å². The highest BCUT2D eigenvalue weighted by molar-refractivity contribution is 4.99. The van der Waals surface area contributed by atoms with Crippen LogP contribution in [0.25, 0.3) is 0 Å². The third-order valence-electron chi connectivity index (χ3n) is 14.5. The van der Waals surface area contributed by atoms with Crippen molar-refractivity contribution < 1.29 is 163 Å². The lowest BCUT2D eigenvalue weighted by Crippen LogP contribution is -2.66. The van der Waals surface area contributed by atoms with Gasteiger partial charge in [0.15, 0.2) is 37.7 Å². The van der Waals surface area contributed by atoms with Crippen molar-refractivity contribution in [2.45, 2.75) is 197 Å². The molecule has 0 aromatic carbocycles. The Kier molecular flexibility index (Phi) is 24.2. The summed E-state index contributed by atoms with van der Waals surface area (Å²) in [4.78, 5) is 0. The summed E-state index contributed by atoms with van der Waals surface area (Å²) in [6.07, 6.45) is -52.0. The normalized spacial score (nSPS) is 48.2. The molecule has 20 N–H and O–H groups in total. The van der Waals surface area contributed by atoms with Crippen LogP contribution in [0.2, 0.25) is 0 Å². The van der Waals surface area contributed by atoms with Crippen molar-refractivity contribution in [3.8, 4) is 0 Å². The topological polar surface area (TPSA) is 515 Å². The van der Waals surface area contributed by atoms with Crippen LogP contribution in [0, 0.1) is 0 Å². The lowest BCUT2D eigenvalue weighted by molar-refractivity contribution is -0.890. The summed E-state index contributed by atoms with van der Waals surface area (Å²) >= 11 is 0. The van der Waals surface area contributed by atoms with E-state index in [1.54, 1.807) is 0 Å². The Hall–Kier alpha value is -1.32. The van der Waals surface area contributed by atoms with Crippen molar-refractivity contribution in [1.82, 2.24) is 0 Å². The summed E-state index contributed by atoms with van der Waals surface area (Å²) in [5, 5.41) is 208. The first-order chi connectivity index (χ1) is 36.4. The van der Waals surface area contributed by atoms with Gasteiger partial charge >= 0.3 is 0 Å². The Morgan fingerprint density at radius 3 is 0.896 bits per heavy atom. The van der Waals surface area contributed by atoms with Crippen LogP contribution in [-0.2, 0) is 56.8 Å². The molecule has 33 heteroatoms. The molecule has 33 nitrogen and oxygen atoms in total. The SMILES string of the molecule is C[N+](C)(CCCOCC1OC(OC2C(CO)OC(O)C(O)C2O)C(O)C(O)C1OC1OC(CO)C(O)C(O)C1O)CCCOCC1OC(OC2C(CO)OC(O)C(O)C2O)C(O)C(O)C1OC1OC(CO)C(O)C(O)C1O. The number of rotatable bonds is 24. The Morgan fingerprint density at radius 2 is 0.584 bits per heavy atom. The predicted molar refractivity (Wildman–Crippen MR) is 241 cm³/mol. The van der Waals surface area contributed by atoms with Gasteiger partial charge in [0, 0.05) is 12.8 Å². The molecule has 0 aromatic rings. The second kappa shape index (κ2) is 28.8. The molecule has 6 aliphatic rings. The molecule has 452 valence electrons. The number of aliphatic hydroxyl groups is 20. The van der Waals surface area contributed by atoms with E-state index in [4.69, 9.17) is 56.8 Å². The average Bonchev–Trinajstić information content (AvgIpc) is 3.40. The fourth-order valence-corrected chi connectivity index (χ4v) is 9.79. The van der Waals surface area contributed by atoms with E-state index in [0.717, 1.165) is 0 Å². The minimum absolute atomic E-state index is 0.0374. The van der Waals surface area contributed by atoms with Gasteiger partial charge in [-0.25, -0.2) is 0 Å². The van der Waals surface area contributed by atoms with E-state index >= 15 is 0 Å². The van der Waals surface area contributed by atoms with Gasteiger partial charge < -0.3 is 163 Å². The van der Waals surface area contributed by atoms with Gasteiger partial charge in [0.25, 0.3) is 0 Å². The smallest absolute Gasteiger partial charge is 0.187 e. The Bertz CT molecular complexity index is 1610. The molecule has 0 saturated carbocycles. The highest BCUT2D eigenvalue weighted by Crippen LogP contribution is 2.35. The Balaban J connectivity index is 1.04. The molecule has 0 aromatic heterocycles. The van der Waals surface area contributed by atoms with Gasteiger partial charge in [-0.05, 0) is 0 Å². The molecule has 0 amide bonds. The number of aliphatic hydroxyl groups excluding tert-OH is 20. The maximum absolute atomic E-state index is 11.4. The predicted octanol–water partition coefficient (Wildman–Crippen LogP) is -13.2. The molecule has 77 heavy (non-hydrogen) atoms. The van der Waals surface area contributed by atoms with Crippen LogP contribution in [0.15, 0.2) is 0 Å². The second-order valence-electron chi connectivity index (χ2n) is 20.5. The molecule has 6 saturated heterocycles. The van der Waals surface area contributed by atoms with E-state index in [2.05, 4.69) is 0 Å². The quantitative estimate of drug-likeness (QED) is 0.0315. The molecule has 6 heterocycles. The third-order valence-corrected chi connectivity index (χ3v) is 14.5. The summed E-state index contributed by atoms with van der Waals surface area (Å²) in [7, 11) is 3.78. The van der Waals surface area contributed by atoms with E-state index in [1.807, 2.05) is 14.1 Å². The van der Waals surface area contributed by atoms with Crippen LogP contribution >= 0.6 is 0 Å². The summed E-state index contributed by atoms with van der Waals surface area (Å²) < 4.78 is 68.3. The molecule has 0 aliphatic carbocycles. The monoisotopic (exact) mass is 1130 g/mol. The van der Waals surface area contributed by atoms with Gasteiger partial charge in [-0.3, -0.25) is 0 Å². The fraction of sp³-hybridized carbons (Fsp3) is 1.00. The van der Waals surface area contributed by atoms with Gasteiger partial charge in [-0.2, -0.15) is 0 Å². The minimum atomic E-state index is -2.00. The zero-order valence-corrected chi connectivity index (χ0v) is 42.1. The number of hydrogen-bond donors (Lipinski definition) is 20. The van der Waals surface area contributed by atoms with Crippen molar-refractivity contribution in [3.05, 3.63) is 0 Å². The largest absolute Gasteiger partial charge is 0.394 e. The van der Waals surface area contributed by atoms with E-state index < -0.39 is 224 Å². The van der Waals surface area contributed by atoms with Crippen molar-refractivity contribution in [2.24, 2.45) is 0 Å². The summed E-state index contributed by atoms with van der Waals surface area (Å²) in [6.45, 7) is -3.08. The number of ether oxygens (including phenoxy) is 12. The standard InChI is InChI=1S/C44H80NO32/c1-45(2,5-3-7-66-13-19-37(76-41-31(60)23(52)21(50)15(9-46)70-41)27(56)33(62)43(72-19)74-35-17(11-48)68-39(64)29(58)25(35)54)6-4-8-67-14-20-38(77-42-32(61)24(53)22(51)16(10-47)71-42)28(57)34(63)44(73-20)75-36-18(12-49)69-40(65)30(59)26(36)55/h15-44,46-65H,3-14H2,1-2H3/q+1. The molecule has 6 aliphatic heterocycles. The molecule has 0 bridgehead atoms. The third kappa shape index (κ3) is 15.3. The van der Waals surface area contributed by atoms with Gasteiger partial charge in [0.05, 0.1) is 80.0 Å². The number of nitrogens with zero attached hydrogens (tertiary/aromatic N) is 1. The average molecular weight is 1140 g/mol. The fourth-order valence-electron chi connectivity index (χ4n) is 9.79. The van der Waals surface area contributed by atoms with Crippen LogP contribution in [0.5, 0.6) is 0 Å². The Morgan fingerprint density at radius 1 is 0.312 bits per heavy atom. The van der Waals surface area contributed by atoms with Crippen molar-refractivity contribution in [3.63, 3.8) is 0 Å². The first-order valence-corrected chi connectivity index (χ1v) is 25.2. The molecule has 30 atom stereocenters. The first-order valence-electron chi connectivity index (χ1n) is 25.2. The molecular weight excluding hydrogens is 1050 g/mol. The molecule has 0 radical (unpaired) electrons.